The number of hydrogen-bond acceptors (Lipinski definition) is 4. The first-order valence-corrected chi connectivity index (χ1v) is 5.88. The number of rotatable bonds is 2. The number of fused-ring (bicyclic) bond motifs is 2. The van der Waals surface area contributed by atoms with Crippen LogP contribution >= 0.6 is 0 Å². The molecule has 0 heterocycles. The molecule has 86 valence electrons. The Hall–Kier alpha value is -1.06. The van der Waals surface area contributed by atoms with Gasteiger partial charge in [0.25, 0.3) is 0 Å². The molecule has 4 aliphatic rings. The zero-order valence-electron chi connectivity index (χ0n) is 9.25. The molecular formula is C12H14O4. The molecule has 0 aromatic rings. The summed E-state index contributed by atoms with van der Waals surface area (Å²) < 4.78 is 9.73. The summed E-state index contributed by atoms with van der Waals surface area (Å²) in [6.07, 6.45) is 0. The highest BCUT2D eigenvalue weighted by molar-refractivity contribution is 5.81. The average molecular weight is 222 g/mol. The van der Waals surface area contributed by atoms with Crippen LogP contribution in [0.15, 0.2) is 0 Å². The topological polar surface area (TPSA) is 52.6 Å². The standard InChI is InChI=1S/C12H14O4/c1-15-11(13)9-5-3-4-6(9)8(4)10(7(3)5)12(14)16-2/h3-10H,1-2H3/t3?,4?,5-,6-,7-,8+,9?,10?/m0/s1. The Morgan fingerprint density at radius 2 is 1.00 bits per heavy atom. The van der Waals surface area contributed by atoms with Gasteiger partial charge in [0.2, 0.25) is 0 Å². The lowest BCUT2D eigenvalue weighted by Crippen LogP contribution is -2.32. The van der Waals surface area contributed by atoms with E-state index in [1.54, 1.807) is 0 Å². The van der Waals surface area contributed by atoms with Gasteiger partial charge in [0.1, 0.15) is 0 Å². The fourth-order valence-corrected chi connectivity index (χ4v) is 5.13. The predicted molar refractivity (Wildman–Crippen MR) is 52.0 cm³/mol. The lowest BCUT2D eigenvalue weighted by molar-refractivity contribution is -0.153. The molecule has 4 nitrogen and oxygen atoms in total. The molecule has 16 heavy (non-hydrogen) atoms. The Labute approximate surface area is 93.3 Å². The van der Waals surface area contributed by atoms with Crippen LogP contribution in [0, 0.1) is 47.3 Å². The van der Waals surface area contributed by atoms with Gasteiger partial charge in [-0.2, -0.15) is 0 Å². The highest BCUT2D eigenvalue weighted by Gasteiger charge is 2.89. The molecule has 0 radical (unpaired) electrons. The molecule has 8 atom stereocenters. The molecular weight excluding hydrogens is 208 g/mol. The molecule has 4 aliphatic carbocycles. The van der Waals surface area contributed by atoms with E-state index in [9.17, 15) is 9.59 Å². The van der Waals surface area contributed by atoms with Crippen LogP contribution in [0.2, 0.25) is 0 Å². The summed E-state index contributed by atoms with van der Waals surface area (Å²) in [6.45, 7) is 0. The van der Waals surface area contributed by atoms with Crippen molar-refractivity contribution in [3.8, 4) is 0 Å². The van der Waals surface area contributed by atoms with Gasteiger partial charge >= 0.3 is 11.9 Å². The van der Waals surface area contributed by atoms with E-state index >= 15 is 0 Å². The molecule has 4 heteroatoms. The highest BCUT2D eigenvalue weighted by atomic mass is 16.5. The molecule has 0 aromatic heterocycles. The summed E-state index contributed by atoms with van der Waals surface area (Å²) in [5.74, 6) is 3.03. The fraction of sp³-hybridized carbons (Fsp3) is 0.833. The Balaban J connectivity index is 1.62. The molecule has 4 saturated carbocycles. The van der Waals surface area contributed by atoms with Gasteiger partial charge in [0, 0.05) is 0 Å². The van der Waals surface area contributed by atoms with Crippen LogP contribution in [-0.4, -0.2) is 26.2 Å². The van der Waals surface area contributed by atoms with E-state index in [1.807, 2.05) is 0 Å². The van der Waals surface area contributed by atoms with Crippen LogP contribution in [0.25, 0.3) is 0 Å². The number of carbonyl (C=O) groups excluding carboxylic acids is 2. The van der Waals surface area contributed by atoms with Gasteiger partial charge in [-0.3, -0.25) is 9.59 Å². The fourth-order valence-electron chi connectivity index (χ4n) is 5.13. The van der Waals surface area contributed by atoms with Crippen LogP contribution < -0.4 is 0 Å². The van der Waals surface area contributed by atoms with Gasteiger partial charge in [-0.25, -0.2) is 0 Å². The third kappa shape index (κ3) is 0.711. The largest absolute Gasteiger partial charge is 0.469 e. The third-order valence-electron chi connectivity index (χ3n) is 5.43. The van der Waals surface area contributed by atoms with Crippen molar-refractivity contribution in [3.05, 3.63) is 0 Å². The minimum atomic E-state index is -0.0594. The van der Waals surface area contributed by atoms with Crippen molar-refractivity contribution in [2.75, 3.05) is 14.2 Å². The second kappa shape index (κ2) is 2.44. The molecule has 0 bridgehead atoms. The first-order chi connectivity index (χ1) is 7.72. The maximum absolute atomic E-state index is 11.7. The van der Waals surface area contributed by atoms with Gasteiger partial charge in [0.05, 0.1) is 26.1 Å². The number of ether oxygens (including phenoxy) is 2. The van der Waals surface area contributed by atoms with Gasteiger partial charge in [0.15, 0.2) is 0 Å². The summed E-state index contributed by atoms with van der Waals surface area (Å²) in [7, 11) is 2.91. The molecule has 4 fully saturated rings. The van der Waals surface area contributed by atoms with Crippen molar-refractivity contribution in [1.82, 2.24) is 0 Å². The van der Waals surface area contributed by atoms with E-state index in [1.165, 1.54) is 14.2 Å². The molecule has 0 amide bonds. The molecule has 4 rings (SSSR count). The second-order valence-electron chi connectivity index (χ2n) is 5.56. The normalized spacial score (nSPS) is 57.9. The summed E-state index contributed by atoms with van der Waals surface area (Å²) in [4.78, 5) is 23.3. The van der Waals surface area contributed by atoms with Gasteiger partial charge in [-0.15, -0.1) is 0 Å². The van der Waals surface area contributed by atoms with Crippen LogP contribution in [0.3, 0.4) is 0 Å². The number of hydrogen-bond donors (Lipinski definition) is 0. The first-order valence-electron chi connectivity index (χ1n) is 5.88. The minimum absolute atomic E-state index is 0.0594. The number of carbonyl (C=O) groups is 2. The zero-order chi connectivity index (χ0) is 11.2. The van der Waals surface area contributed by atoms with E-state index in [0.29, 0.717) is 35.5 Å². The number of esters is 2. The Bertz CT molecular complexity index is 346. The Morgan fingerprint density at radius 1 is 0.688 bits per heavy atom. The summed E-state index contributed by atoms with van der Waals surface area (Å²) in [5, 5.41) is 0. The lowest BCUT2D eigenvalue weighted by atomic mass is 9.82. The summed E-state index contributed by atoms with van der Waals surface area (Å²) >= 11 is 0. The summed E-state index contributed by atoms with van der Waals surface area (Å²) in [6, 6.07) is 0. The third-order valence-corrected chi connectivity index (χ3v) is 5.43. The van der Waals surface area contributed by atoms with E-state index in [-0.39, 0.29) is 23.8 Å². The van der Waals surface area contributed by atoms with E-state index in [2.05, 4.69) is 0 Å². The quantitative estimate of drug-likeness (QED) is 0.631. The highest BCUT2D eigenvalue weighted by Crippen LogP contribution is 2.88. The molecule has 0 aliphatic heterocycles. The van der Waals surface area contributed by atoms with Crippen molar-refractivity contribution < 1.29 is 19.1 Å². The van der Waals surface area contributed by atoms with Crippen molar-refractivity contribution in [3.63, 3.8) is 0 Å². The molecule has 0 N–H and O–H groups in total. The average Bonchev–Trinajstić information content (AvgIpc) is 3.15. The van der Waals surface area contributed by atoms with E-state index in [0.717, 1.165) is 0 Å². The Kier molecular flexibility index (Phi) is 1.37. The maximum atomic E-state index is 11.7. The molecule has 0 saturated heterocycles. The second-order valence-corrected chi connectivity index (χ2v) is 5.56. The van der Waals surface area contributed by atoms with Crippen LogP contribution in [-0.2, 0) is 19.1 Å². The molecule has 4 unspecified atom stereocenters. The van der Waals surface area contributed by atoms with Crippen molar-refractivity contribution in [1.29, 1.82) is 0 Å². The molecule has 0 aromatic carbocycles. The SMILES string of the molecule is COC(=O)C1[C@@H]2C3C4[C@H]1[C@H]4C(C(=O)OC)[C@@H]32. The van der Waals surface area contributed by atoms with Crippen LogP contribution in [0.4, 0.5) is 0 Å². The van der Waals surface area contributed by atoms with Crippen molar-refractivity contribution in [2.45, 2.75) is 0 Å². The maximum Gasteiger partial charge on any atom is 0.309 e. The number of methoxy groups -OCH3 is 2. The smallest absolute Gasteiger partial charge is 0.309 e. The minimum Gasteiger partial charge on any atom is -0.469 e. The monoisotopic (exact) mass is 222 g/mol. The van der Waals surface area contributed by atoms with E-state index in [4.69, 9.17) is 9.47 Å². The van der Waals surface area contributed by atoms with E-state index < -0.39 is 0 Å². The molecule has 0 spiro atoms. The summed E-state index contributed by atoms with van der Waals surface area (Å²) in [5.41, 5.74) is 0. The van der Waals surface area contributed by atoms with Crippen molar-refractivity contribution in [2.24, 2.45) is 47.3 Å². The van der Waals surface area contributed by atoms with Gasteiger partial charge in [-0.05, 0) is 35.5 Å². The lowest BCUT2D eigenvalue weighted by Gasteiger charge is -2.23. The van der Waals surface area contributed by atoms with Crippen LogP contribution in [0.1, 0.15) is 0 Å². The first kappa shape index (κ1) is 9.02. The van der Waals surface area contributed by atoms with Crippen LogP contribution in [0.5, 0.6) is 0 Å². The zero-order valence-corrected chi connectivity index (χ0v) is 9.25. The van der Waals surface area contributed by atoms with Gasteiger partial charge < -0.3 is 9.47 Å². The Morgan fingerprint density at radius 3 is 1.25 bits per heavy atom. The van der Waals surface area contributed by atoms with Crippen molar-refractivity contribution >= 4 is 11.9 Å². The predicted octanol–water partition coefficient (Wildman–Crippen LogP) is 0.316. The van der Waals surface area contributed by atoms with Gasteiger partial charge in [-0.1, -0.05) is 0 Å².